The molecule has 5 heteroatoms. The van der Waals surface area contributed by atoms with Crippen molar-refractivity contribution >= 4 is 27.8 Å². The molecule has 0 aliphatic carbocycles. The van der Waals surface area contributed by atoms with E-state index in [1.807, 2.05) is 24.8 Å². The maximum atomic E-state index is 12.8. The molecule has 154 valence electrons. The first kappa shape index (κ1) is 19.7. The summed E-state index contributed by atoms with van der Waals surface area (Å²) in [6, 6.07) is 1.91. The van der Waals surface area contributed by atoms with Crippen molar-refractivity contribution in [2.45, 2.75) is 65.7 Å². The number of rotatable bonds is 2. The number of carbonyl (C=O) groups is 1. The van der Waals surface area contributed by atoms with Crippen LogP contribution < -0.4 is 5.63 Å². The Kier molecular flexibility index (Phi) is 4.80. The molecule has 3 heterocycles. The molecule has 0 saturated carbocycles. The maximum absolute atomic E-state index is 12.8. The Balaban J connectivity index is 1.88. The summed E-state index contributed by atoms with van der Waals surface area (Å²) in [5, 5.41) is 1.86. The van der Waals surface area contributed by atoms with Gasteiger partial charge in [-0.1, -0.05) is 20.8 Å². The molecule has 29 heavy (non-hydrogen) atoms. The molecule has 5 nitrogen and oxygen atoms in total. The van der Waals surface area contributed by atoms with Crippen molar-refractivity contribution in [3.8, 4) is 0 Å². The summed E-state index contributed by atoms with van der Waals surface area (Å²) in [5.41, 5.74) is 4.11. The van der Waals surface area contributed by atoms with Gasteiger partial charge in [-0.25, -0.2) is 4.79 Å². The number of benzene rings is 1. The summed E-state index contributed by atoms with van der Waals surface area (Å²) in [6.07, 6.45) is 5.09. The number of nitrogens with zero attached hydrogens (tertiary/aromatic N) is 1. The number of hydrogen-bond acceptors (Lipinski definition) is 4. The lowest BCUT2D eigenvalue weighted by Crippen LogP contribution is -2.37. The summed E-state index contributed by atoms with van der Waals surface area (Å²) in [4.78, 5) is 27.4. The van der Waals surface area contributed by atoms with Crippen LogP contribution >= 0.6 is 0 Å². The van der Waals surface area contributed by atoms with Gasteiger partial charge in [-0.2, -0.15) is 0 Å². The van der Waals surface area contributed by atoms with Gasteiger partial charge in [0.25, 0.3) is 0 Å². The fourth-order valence-corrected chi connectivity index (χ4v) is 4.45. The molecule has 3 aromatic rings. The van der Waals surface area contributed by atoms with Crippen LogP contribution in [0.15, 0.2) is 26.0 Å². The van der Waals surface area contributed by atoms with E-state index in [0.717, 1.165) is 65.4 Å². The van der Waals surface area contributed by atoms with Crippen LogP contribution in [0, 0.1) is 13.8 Å². The highest BCUT2D eigenvalue weighted by Crippen LogP contribution is 2.39. The summed E-state index contributed by atoms with van der Waals surface area (Å²) >= 11 is 0. The minimum atomic E-state index is -0.429. The quantitative estimate of drug-likeness (QED) is 0.572. The molecule has 0 bridgehead atoms. The normalized spacial score (nSPS) is 15.4. The number of fused-ring (bicyclic) bond motifs is 3. The lowest BCUT2D eigenvalue weighted by Gasteiger charge is -2.26. The number of carbonyl (C=O) groups excluding carboxylic acids is 1. The largest absolute Gasteiger partial charge is 0.463 e. The molecule has 4 rings (SSSR count). The van der Waals surface area contributed by atoms with E-state index >= 15 is 0 Å². The molecule has 1 amide bonds. The number of furan rings is 1. The lowest BCUT2D eigenvalue weighted by atomic mass is 9.85. The van der Waals surface area contributed by atoms with Gasteiger partial charge >= 0.3 is 5.63 Å². The Morgan fingerprint density at radius 3 is 2.45 bits per heavy atom. The highest BCUT2D eigenvalue weighted by atomic mass is 16.4. The summed E-state index contributed by atoms with van der Waals surface area (Å²) in [5.74, 6) is -0.00219. The lowest BCUT2D eigenvalue weighted by molar-refractivity contribution is -0.131. The second-order valence-corrected chi connectivity index (χ2v) is 9.28. The Morgan fingerprint density at radius 1 is 1.10 bits per heavy atom. The molecule has 1 aliphatic rings. The molecule has 0 spiro atoms. The summed E-state index contributed by atoms with van der Waals surface area (Å²) in [6.45, 7) is 11.9. The van der Waals surface area contributed by atoms with E-state index in [1.54, 1.807) is 6.26 Å². The van der Waals surface area contributed by atoms with Crippen LogP contribution in [-0.2, 0) is 16.6 Å². The Labute approximate surface area is 170 Å². The van der Waals surface area contributed by atoms with Crippen LogP contribution in [0.25, 0.3) is 21.9 Å². The molecule has 2 aromatic heterocycles. The van der Waals surface area contributed by atoms with Crippen LogP contribution in [0.5, 0.6) is 0 Å². The molecule has 1 aliphatic heterocycles. The van der Waals surface area contributed by atoms with Gasteiger partial charge in [0.05, 0.1) is 23.6 Å². The van der Waals surface area contributed by atoms with Crippen molar-refractivity contribution < 1.29 is 13.6 Å². The third-order valence-corrected chi connectivity index (χ3v) is 6.13. The number of hydrogen-bond donors (Lipinski definition) is 0. The Hall–Kier alpha value is -2.56. The molecule has 1 aromatic carbocycles. The summed E-state index contributed by atoms with van der Waals surface area (Å²) < 4.78 is 11.7. The van der Waals surface area contributed by atoms with Gasteiger partial charge in [0.15, 0.2) is 0 Å². The molecule has 1 saturated heterocycles. The van der Waals surface area contributed by atoms with Crippen molar-refractivity contribution in [3.05, 3.63) is 45.0 Å². The molecule has 1 fully saturated rings. The van der Waals surface area contributed by atoms with Gasteiger partial charge in [-0.05, 0) is 55.7 Å². The van der Waals surface area contributed by atoms with Crippen LogP contribution in [0.3, 0.4) is 0 Å². The van der Waals surface area contributed by atoms with E-state index < -0.39 is 5.63 Å². The highest BCUT2D eigenvalue weighted by Gasteiger charge is 2.26. The molecule has 0 atom stereocenters. The van der Waals surface area contributed by atoms with E-state index in [4.69, 9.17) is 8.83 Å². The fourth-order valence-electron chi connectivity index (χ4n) is 4.45. The third kappa shape index (κ3) is 3.37. The molecule has 0 unspecified atom stereocenters. The predicted octanol–water partition coefficient (Wildman–Crippen LogP) is 5.01. The van der Waals surface area contributed by atoms with Gasteiger partial charge in [-0.3, -0.25) is 4.79 Å². The van der Waals surface area contributed by atoms with E-state index in [2.05, 4.69) is 20.8 Å². The Bertz CT molecular complexity index is 1150. The SMILES string of the molecule is Cc1cc2oc(=O)c(CC(=O)N3CCCCC3)c(C)c2c2occ(C(C)(C)C)c12. The standard InChI is InChI=1S/C24H29NO4/c1-14-11-18-21(22-20(14)17(13-28-22)24(3,4)5)15(2)16(23(27)29-18)12-19(26)25-9-7-6-8-10-25/h11,13H,6-10,12H2,1-5H3. The van der Waals surface area contributed by atoms with Crippen LogP contribution in [0.4, 0.5) is 0 Å². The first-order chi connectivity index (χ1) is 13.7. The molecular formula is C24H29NO4. The first-order valence-corrected chi connectivity index (χ1v) is 10.4. The third-order valence-electron chi connectivity index (χ3n) is 6.13. The number of amides is 1. The number of likely N-dealkylation sites (tertiary alicyclic amines) is 1. The Morgan fingerprint density at radius 2 is 1.79 bits per heavy atom. The summed E-state index contributed by atoms with van der Waals surface area (Å²) in [7, 11) is 0. The highest BCUT2D eigenvalue weighted by molar-refractivity contribution is 6.07. The number of aryl methyl sites for hydroxylation is 2. The fraction of sp³-hybridized carbons (Fsp3) is 0.500. The topological polar surface area (TPSA) is 63.7 Å². The minimum Gasteiger partial charge on any atom is -0.463 e. The number of piperidine rings is 1. The first-order valence-electron chi connectivity index (χ1n) is 10.4. The molecule has 0 radical (unpaired) electrons. The zero-order valence-electron chi connectivity index (χ0n) is 18.0. The van der Waals surface area contributed by atoms with Crippen molar-refractivity contribution in [2.24, 2.45) is 0 Å². The molecule has 0 N–H and O–H groups in total. The second kappa shape index (κ2) is 7.05. The average molecular weight is 395 g/mol. The van der Waals surface area contributed by atoms with E-state index in [-0.39, 0.29) is 17.7 Å². The van der Waals surface area contributed by atoms with Gasteiger partial charge in [-0.15, -0.1) is 0 Å². The minimum absolute atomic E-state index is 0.00219. The van der Waals surface area contributed by atoms with Gasteiger partial charge in [0.1, 0.15) is 11.2 Å². The van der Waals surface area contributed by atoms with Crippen molar-refractivity contribution in [1.82, 2.24) is 4.90 Å². The van der Waals surface area contributed by atoms with E-state index in [0.29, 0.717) is 11.1 Å². The van der Waals surface area contributed by atoms with Crippen LogP contribution in [0.2, 0.25) is 0 Å². The maximum Gasteiger partial charge on any atom is 0.340 e. The smallest absolute Gasteiger partial charge is 0.340 e. The van der Waals surface area contributed by atoms with Gasteiger partial charge < -0.3 is 13.7 Å². The zero-order chi connectivity index (χ0) is 20.9. The van der Waals surface area contributed by atoms with Crippen molar-refractivity contribution in [2.75, 3.05) is 13.1 Å². The van der Waals surface area contributed by atoms with Crippen LogP contribution in [0.1, 0.15) is 62.3 Å². The predicted molar refractivity (Wildman–Crippen MR) is 115 cm³/mol. The van der Waals surface area contributed by atoms with Crippen molar-refractivity contribution in [3.63, 3.8) is 0 Å². The van der Waals surface area contributed by atoms with E-state index in [1.165, 1.54) is 0 Å². The zero-order valence-corrected chi connectivity index (χ0v) is 18.0. The van der Waals surface area contributed by atoms with Gasteiger partial charge in [0.2, 0.25) is 5.91 Å². The van der Waals surface area contributed by atoms with Crippen LogP contribution in [-0.4, -0.2) is 23.9 Å². The monoisotopic (exact) mass is 395 g/mol. The van der Waals surface area contributed by atoms with Crippen molar-refractivity contribution in [1.29, 1.82) is 0 Å². The van der Waals surface area contributed by atoms with Gasteiger partial charge in [0, 0.05) is 24.0 Å². The molecular weight excluding hydrogens is 366 g/mol. The second-order valence-electron chi connectivity index (χ2n) is 9.28. The average Bonchev–Trinajstić information content (AvgIpc) is 3.11. The van der Waals surface area contributed by atoms with E-state index in [9.17, 15) is 9.59 Å².